The number of hydrogen-bond acceptors (Lipinski definition) is 9. The largest absolute Gasteiger partial charge is 0.497 e. The molecule has 2 fully saturated rings. The van der Waals surface area contributed by atoms with Crippen molar-refractivity contribution in [3.05, 3.63) is 66.2 Å². The van der Waals surface area contributed by atoms with Crippen LogP contribution in [0.4, 0.5) is 4.79 Å². The molecule has 240 valence electrons. The monoisotopic (exact) mass is 630 g/mol. The molecule has 2 aromatic rings. The third-order valence-electron chi connectivity index (χ3n) is 8.21. The van der Waals surface area contributed by atoms with Crippen molar-refractivity contribution in [3.8, 4) is 11.5 Å². The molecule has 1 amide bonds. The number of carbonyl (C=O) groups is 1. The van der Waals surface area contributed by atoms with Gasteiger partial charge in [0.2, 0.25) is 10.0 Å². The lowest BCUT2D eigenvalue weighted by Crippen LogP contribution is -2.51. The molecule has 0 saturated carbocycles. The third-order valence-corrected chi connectivity index (χ3v) is 10.1. The highest BCUT2D eigenvalue weighted by Gasteiger charge is 2.44. The fourth-order valence-corrected chi connectivity index (χ4v) is 7.38. The number of carbonyl (C=O) groups excluding carboxylic acids is 1. The number of benzene rings is 2. The Hall–Kier alpha value is -3.16. The smallest absolute Gasteiger partial charge is 0.407 e. The first kappa shape index (κ1) is 32.2. The fraction of sp³-hybridized carbons (Fsp3) is 0.531. The van der Waals surface area contributed by atoms with Gasteiger partial charge in [0.25, 0.3) is 0 Å². The van der Waals surface area contributed by atoms with Gasteiger partial charge >= 0.3 is 6.09 Å². The number of rotatable bonds is 8. The molecule has 5 atom stereocenters. The molecule has 0 spiro atoms. The summed E-state index contributed by atoms with van der Waals surface area (Å²) in [5.74, 6) is 0.622. The van der Waals surface area contributed by atoms with Crippen molar-refractivity contribution < 1.29 is 42.0 Å². The molecular weight excluding hydrogens is 588 g/mol. The van der Waals surface area contributed by atoms with Crippen molar-refractivity contribution in [3.63, 3.8) is 0 Å². The summed E-state index contributed by atoms with van der Waals surface area (Å²) in [6.45, 7) is 1.03. The number of amides is 1. The zero-order valence-electron chi connectivity index (χ0n) is 25.0. The van der Waals surface area contributed by atoms with E-state index in [1.165, 1.54) is 17.5 Å². The number of nitrogens with zero attached hydrogens (tertiary/aromatic N) is 1. The first-order valence-electron chi connectivity index (χ1n) is 15.2. The van der Waals surface area contributed by atoms with Gasteiger partial charge in [0.05, 0.1) is 45.0 Å². The van der Waals surface area contributed by atoms with Gasteiger partial charge in [-0.15, -0.1) is 0 Å². The lowest BCUT2D eigenvalue weighted by Gasteiger charge is -2.30. The number of β-amino-alcohol motifs (C(OH)–C–C–N with tert-alkyl or cyclic N) is 1. The number of aliphatic hydroxyl groups is 1. The lowest BCUT2D eigenvalue weighted by atomic mass is 10.0. The van der Waals surface area contributed by atoms with E-state index < -0.39 is 34.4 Å². The number of nitrogens with one attached hydrogen (secondary N) is 1. The van der Waals surface area contributed by atoms with E-state index in [1.54, 1.807) is 12.1 Å². The first-order valence-corrected chi connectivity index (χ1v) is 16.7. The van der Waals surface area contributed by atoms with Crippen LogP contribution < -0.4 is 14.8 Å². The van der Waals surface area contributed by atoms with Gasteiger partial charge in [0.1, 0.15) is 22.5 Å². The number of sulfonamides is 1. The highest BCUT2D eigenvalue weighted by Crippen LogP contribution is 2.34. The van der Waals surface area contributed by atoms with Crippen molar-refractivity contribution >= 4 is 16.1 Å². The second kappa shape index (κ2) is 15.2. The van der Waals surface area contributed by atoms with E-state index >= 15 is 0 Å². The van der Waals surface area contributed by atoms with E-state index in [9.17, 15) is 18.3 Å². The molecule has 3 aliphatic heterocycles. The van der Waals surface area contributed by atoms with Gasteiger partial charge in [-0.05, 0) is 56.2 Å². The molecule has 2 N–H and O–H groups in total. The van der Waals surface area contributed by atoms with Gasteiger partial charge in [-0.2, -0.15) is 4.31 Å². The maximum atomic E-state index is 14.1. The molecule has 0 unspecified atom stereocenters. The third kappa shape index (κ3) is 8.10. The van der Waals surface area contributed by atoms with Crippen LogP contribution in [-0.2, 0) is 30.7 Å². The summed E-state index contributed by atoms with van der Waals surface area (Å²) in [7, 11) is -2.60. The average Bonchev–Trinajstić information content (AvgIpc) is 3.64. The summed E-state index contributed by atoms with van der Waals surface area (Å²) in [6, 6.07) is 13.2. The Bertz CT molecular complexity index is 1370. The molecule has 0 bridgehead atoms. The molecular formula is C32H42N2O9S. The van der Waals surface area contributed by atoms with Crippen LogP contribution in [0.1, 0.15) is 37.7 Å². The van der Waals surface area contributed by atoms with E-state index in [0.717, 1.165) is 24.8 Å². The van der Waals surface area contributed by atoms with Crippen LogP contribution in [0, 0.1) is 5.92 Å². The lowest BCUT2D eigenvalue weighted by molar-refractivity contribution is -0.0907. The van der Waals surface area contributed by atoms with Crippen LogP contribution in [0.5, 0.6) is 11.5 Å². The molecule has 11 nitrogen and oxygen atoms in total. The Morgan fingerprint density at radius 3 is 2.73 bits per heavy atom. The number of methoxy groups -OCH3 is 1. The summed E-state index contributed by atoms with van der Waals surface area (Å²) in [5.41, 5.74) is 0.871. The molecule has 3 heterocycles. The van der Waals surface area contributed by atoms with E-state index in [-0.39, 0.29) is 49.0 Å². The first-order chi connectivity index (χ1) is 21.3. The molecule has 0 aliphatic carbocycles. The van der Waals surface area contributed by atoms with Gasteiger partial charge in [0, 0.05) is 19.2 Å². The van der Waals surface area contributed by atoms with Crippen LogP contribution >= 0.6 is 0 Å². The van der Waals surface area contributed by atoms with Crippen molar-refractivity contribution in [1.29, 1.82) is 0 Å². The summed E-state index contributed by atoms with van der Waals surface area (Å²) < 4.78 is 57.6. The molecule has 0 radical (unpaired) electrons. The highest BCUT2D eigenvalue weighted by atomic mass is 32.2. The predicted octanol–water partition coefficient (Wildman–Crippen LogP) is 3.65. The zero-order valence-corrected chi connectivity index (χ0v) is 25.8. The minimum Gasteiger partial charge on any atom is -0.497 e. The Labute approximate surface area is 259 Å². The van der Waals surface area contributed by atoms with Gasteiger partial charge in [-0.3, -0.25) is 0 Å². The Morgan fingerprint density at radius 1 is 1.09 bits per heavy atom. The number of hydrogen-bond donors (Lipinski definition) is 2. The minimum absolute atomic E-state index is 0.00438. The topological polar surface area (TPSA) is 133 Å². The Balaban J connectivity index is 1.37. The standard InChI is InChI=1S/C32H42N2O9S/c1-39-24-13-14-30-28(20-24)40-17-10-5-3-2-4-9-16-34(44(30,37)38)21-27(35)26(19-23-11-7-6-8-12-23)33-32(36)43-29-22-42-31-25(29)15-18-41-31/h3,5-8,11-14,20,25-27,29,31,35H,2,4,9-10,15-19,21-22H2,1H3,(H,33,36)/t25-,26-,27+,29-,31+/m0/s1. The van der Waals surface area contributed by atoms with Gasteiger partial charge < -0.3 is 34.1 Å². The maximum Gasteiger partial charge on any atom is 0.407 e. The Kier molecular flexibility index (Phi) is 11.2. The molecule has 2 aromatic carbocycles. The van der Waals surface area contributed by atoms with Crippen molar-refractivity contribution in [2.45, 2.75) is 68.0 Å². The summed E-state index contributed by atoms with van der Waals surface area (Å²) in [6.07, 6.45) is 5.14. The van der Waals surface area contributed by atoms with Crippen LogP contribution in [-0.4, -0.2) is 88.5 Å². The summed E-state index contributed by atoms with van der Waals surface area (Å²) in [4.78, 5) is 13.1. The van der Waals surface area contributed by atoms with Crippen LogP contribution in [0.25, 0.3) is 0 Å². The predicted molar refractivity (Wildman–Crippen MR) is 162 cm³/mol. The minimum atomic E-state index is -4.11. The van der Waals surface area contributed by atoms with Gasteiger partial charge in [-0.1, -0.05) is 42.5 Å². The average molecular weight is 631 g/mol. The Morgan fingerprint density at radius 2 is 1.91 bits per heavy atom. The number of ether oxygens (including phenoxy) is 5. The van der Waals surface area contributed by atoms with Crippen LogP contribution in [0.15, 0.2) is 65.6 Å². The number of fused-ring (bicyclic) bond motifs is 2. The summed E-state index contributed by atoms with van der Waals surface area (Å²) in [5, 5.41) is 14.4. The molecule has 5 rings (SSSR count). The molecule has 3 aliphatic rings. The van der Waals surface area contributed by atoms with Crippen molar-refractivity contribution in [2.24, 2.45) is 5.92 Å². The SMILES string of the molecule is COc1ccc2c(c1)OCCC=CCCCCN(C[C@@H](O)[C@H](Cc1ccccc1)NC(=O)O[C@H]1CO[C@H]3OCC[C@H]31)S2(=O)=O. The summed E-state index contributed by atoms with van der Waals surface area (Å²) >= 11 is 0. The fourth-order valence-electron chi connectivity index (χ4n) is 5.77. The quantitative estimate of drug-likeness (QED) is 0.420. The number of aliphatic hydroxyl groups excluding tert-OH is 1. The number of alkyl carbamates (subject to hydrolysis) is 1. The van der Waals surface area contributed by atoms with Crippen LogP contribution in [0.2, 0.25) is 0 Å². The molecule has 0 aromatic heterocycles. The van der Waals surface area contributed by atoms with Crippen LogP contribution in [0.3, 0.4) is 0 Å². The van der Waals surface area contributed by atoms with Crippen molar-refractivity contribution in [1.82, 2.24) is 9.62 Å². The van der Waals surface area contributed by atoms with Gasteiger partial charge in [-0.25, -0.2) is 13.2 Å². The van der Waals surface area contributed by atoms with E-state index in [0.29, 0.717) is 31.8 Å². The zero-order chi connectivity index (χ0) is 30.9. The molecule has 2 saturated heterocycles. The molecule has 44 heavy (non-hydrogen) atoms. The second-order valence-electron chi connectivity index (χ2n) is 11.3. The normalized spacial score (nSPS) is 25.2. The second-order valence-corrected chi connectivity index (χ2v) is 13.2. The highest BCUT2D eigenvalue weighted by molar-refractivity contribution is 7.89. The van der Waals surface area contributed by atoms with E-state index in [4.69, 9.17) is 23.7 Å². The van der Waals surface area contributed by atoms with E-state index in [2.05, 4.69) is 11.4 Å². The van der Waals surface area contributed by atoms with E-state index in [1.807, 2.05) is 36.4 Å². The van der Waals surface area contributed by atoms with Crippen molar-refractivity contribution in [2.75, 3.05) is 40.0 Å². The maximum absolute atomic E-state index is 14.1. The number of allylic oxidation sites excluding steroid dienone is 1. The molecule has 12 heteroatoms. The van der Waals surface area contributed by atoms with Gasteiger partial charge in [0.15, 0.2) is 6.29 Å².